The predicted octanol–water partition coefficient (Wildman–Crippen LogP) is 15.8. The van der Waals surface area contributed by atoms with E-state index in [-0.39, 0.29) is 0 Å². The summed E-state index contributed by atoms with van der Waals surface area (Å²) >= 11 is 0. The standard InChI is InChI=1S/C54H30O3/c1-2-11-32-26-35(21-20-31(32)10-1)45-30-55-46-25-24-42-37-23-22-36(29-48(37)57-54(42)53(45)46)50-38-14-5-7-16-40(38)51(41-17-8-6-15-39(41)50)43-18-9-19-47-52(43)44-27-33-12-3-4-13-34(33)28-49(44)56-47/h1-30H. The van der Waals surface area contributed by atoms with Crippen molar-refractivity contribution in [3.05, 3.63) is 182 Å². The van der Waals surface area contributed by atoms with Gasteiger partial charge >= 0.3 is 0 Å². The molecule has 0 spiro atoms. The molecular weight excluding hydrogens is 697 g/mol. The average molecular weight is 727 g/mol. The minimum Gasteiger partial charge on any atom is -0.464 e. The molecule has 3 aromatic heterocycles. The van der Waals surface area contributed by atoms with E-state index in [9.17, 15) is 0 Å². The molecule has 0 N–H and O–H groups in total. The van der Waals surface area contributed by atoms with Gasteiger partial charge in [-0.15, -0.1) is 0 Å². The van der Waals surface area contributed by atoms with Crippen LogP contribution in [0.2, 0.25) is 0 Å². The molecule has 57 heavy (non-hydrogen) atoms. The largest absolute Gasteiger partial charge is 0.464 e. The van der Waals surface area contributed by atoms with Crippen LogP contribution in [0.3, 0.4) is 0 Å². The molecule has 0 radical (unpaired) electrons. The summed E-state index contributed by atoms with van der Waals surface area (Å²) in [5.74, 6) is 0. The van der Waals surface area contributed by atoms with E-state index in [4.69, 9.17) is 13.3 Å². The van der Waals surface area contributed by atoms with Crippen molar-refractivity contribution in [2.45, 2.75) is 0 Å². The zero-order valence-corrected chi connectivity index (χ0v) is 30.5. The third-order valence-corrected chi connectivity index (χ3v) is 12.1. The molecule has 0 aliphatic rings. The molecule has 264 valence electrons. The normalized spacial score (nSPS) is 12.2. The van der Waals surface area contributed by atoms with Crippen LogP contribution in [0.25, 0.3) is 131 Å². The molecule has 0 amide bonds. The lowest BCUT2D eigenvalue weighted by atomic mass is 9.85. The maximum absolute atomic E-state index is 6.89. The monoisotopic (exact) mass is 726 g/mol. The molecule has 0 atom stereocenters. The summed E-state index contributed by atoms with van der Waals surface area (Å²) in [5, 5.41) is 15.0. The number of benzene rings is 10. The summed E-state index contributed by atoms with van der Waals surface area (Å²) in [6, 6.07) is 63.0. The molecule has 0 aliphatic heterocycles. The van der Waals surface area contributed by atoms with Crippen molar-refractivity contribution in [2.24, 2.45) is 0 Å². The van der Waals surface area contributed by atoms with E-state index in [2.05, 4.69) is 176 Å². The highest BCUT2D eigenvalue weighted by molar-refractivity contribution is 6.27. The van der Waals surface area contributed by atoms with E-state index in [1.165, 1.54) is 59.8 Å². The molecule has 0 saturated carbocycles. The van der Waals surface area contributed by atoms with Crippen LogP contribution in [0.1, 0.15) is 0 Å². The van der Waals surface area contributed by atoms with Gasteiger partial charge in [0, 0.05) is 27.1 Å². The van der Waals surface area contributed by atoms with E-state index >= 15 is 0 Å². The average Bonchev–Trinajstić information content (AvgIpc) is 3.97. The van der Waals surface area contributed by atoms with Crippen LogP contribution in [-0.4, -0.2) is 0 Å². The molecule has 3 heteroatoms. The third-order valence-electron chi connectivity index (χ3n) is 12.1. The van der Waals surface area contributed by atoms with Crippen molar-refractivity contribution in [2.75, 3.05) is 0 Å². The second-order valence-corrected chi connectivity index (χ2v) is 15.2. The van der Waals surface area contributed by atoms with Crippen molar-refractivity contribution in [1.29, 1.82) is 0 Å². The van der Waals surface area contributed by atoms with E-state index in [1.54, 1.807) is 0 Å². The van der Waals surface area contributed by atoms with E-state index in [1.807, 2.05) is 6.26 Å². The number of hydrogen-bond donors (Lipinski definition) is 0. The first-order chi connectivity index (χ1) is 28.2. The van der Waals surface area contributed by atoms with Crippen LogP contribution in [0, 0.1) is 0 Å². The molecule has 0 aliphatic carbocycles. The molecule has 0 bridgehead atoms. The Kier molecular flexibility index (Phi) is 6.16. The third kappa shape index (κ3) is 4.37. The number of rotatable bonds is 3. The molecule has 0 saturated heterocycles. The van der Waals surface area contributed by atoms with Gasteiger partial charge in [-0.2, -0.15) is 0 Å². The van der Waals surface area contributed by atoms with Gasteiger partial charge < -0.3 is 13.3 Å². The van der Waals surface area contributed by atoms with Gasteiger partial charge in [0.05, 0.1) is 11.6 Å². The van der Waals surface area contributed by atoms with E-state index in [0.717, 1.165) is 71.5 Å². The Labute approximate surface area is 325 Å². The Hall–Kier alpha value is -7.62. The minimum atomic E-state index is 0.811. The second kappa shape index (κ2) is 11.5. The van der Waals surface area contributed by atoms with Crippen LogP contribution in [0.4, 0.5) is 0 Å². The lowest BCUT2D eigenvalue weighted by molar-refractivity contribution is 0.616. The van der Waals surface area contributed by atoms with Crippen molar-refractivity contribution in [1.82, 2.24) is 0 Å². The Balaban J connectivity index is 1.05. The first kappa shape index (κ1) is 30.7. The molecule has 13 aromatic rings. The van der Waals surface area contributed by atoms with Gasteiger partial charge in [-0.25, -0.2) is 0 Å². The van der Waals surface area contributed by atoms with Crippen LogP contribution >= 0.6 is 0 Å². The lowest BCUT2D eigenvalue weighted by Gasteiger charge is -2.18. The smallest absolute Gasteiger partial charge is 0.147 e. The Morgan fingerprint density at radius 2 is 0.930 bits per heavy atom. The van der Waals surface area contributed by atoms with Crippen molar-refractivity contribution >= 4 is 97.9 Å². The van der Waals surface area contributed by atoms with Gasteiger partial charge in [-0.3, -0.25) is 0 Å². The molecule has 3 nitrogen and oxygen atoms in total. The summed E-state index contributed by atoms with van der Waals surface area (Å²) in [6.07, 6.45) is 1.86. The van der Waals surface area contributed by atoms with Crippen molar-refractivity contribution in [3.63, 3.8) is 0 Å². The van der Waals surface area contributed by atoms with Crippen LogP contribution in [0.5, 0.6) is 0 Å². The van der Waals surface area contributed by atoms with Crippen molar-refractivity contribution < 1.29 is 13.3 Å². The molecule has 13 rings (SSSR count). The molecule has 10 aromatic carbocycles. The van der Waals surface area contributed by atoms with Gasteiger partial charge in [-0.05, 0) is 119 Å². The SMILES string of the molecule is c1ccc2cc(-c3coc4ccc5c6ccc(-c7c8ccccc8c(-c8cccc9oc%10cc%11ccccc%11cc%10c89)c8ccccc78)cc6oc5c34)ccc2c1. The first-order valence-electron chi connectivity index (χ1n) is 19.4. The summed E-state index contributed by atoms with van der Waals surface area (Å²) in [6.45, 7) is 0. The highest BCUT2D eigenvalue weighted by Crippen LogP contribution is 2.48. The summed E-state index contributed by atoms with van der Waals surface area (Å²) in [5.41, 5.74) is 11.1. The molecule has 0 unspecified atom stereocenters. The lowest BCUT2D eigenvalue weighted by Crippen LogP contribution is -1.91. The number of fused-ring (bicyclic) bond motifs is 12. The maximum Gasteiger partial charge on any atom is 0.147 e. The summed E-state index contributed by atoms with van der Waals surface area (Å²) in [7, 11) is 0. The molecule has 3 heterocycles. The van der Waals surface area contributed by atoms with Gasteiger partial charge in [-0.1, -0.05) is 127 Å². The van der Waals surface area contributed by atoms with Crippen LogP contribution in [-0.2, 0) is 0 Å². The van der Waals surface area contributed by atoms with E-state index in [0.29, 0.717) is 0 Å². The van der Waals surface area contributed by atoms with Crippen molar-refractivity contribution in [3.8, 4) is 33.4 Å². The minimum absolute atomic E-state index is 0.811. The van der Waals surface area contributed by atoms with Gasteiger partial charge in [0.1, 0.15) is 27.9 Å². The summed E-state index contributed by atoms with van der Waals surface area (Å²) in [4.78, 5) is 0. The van der Waals surface area contributed by atoms with Gasteiger partial charge in [0.15, 0.2) is 0 Å². The number of hydrogen-bond acceptors (Lipinski definition) is 3. The fourth-order valence-corrected chi connectivity index (χ4v) is 9.53. The fraction of sp³-hybridized carbons (Fsp3) is 0. The highest BCUT2D eigenvalue weighted by atomic mass is 16.3. The number of furan rings is 3. The Morgan fingerprint density at radius 3 is 1.70 bits per heavy atom. The molecule has 0 fully saturated rings. The molecular formula is C54H30O3. The predicted molar refractivity (Wildman–Crippen MR) is 237 cm³/mol. The zero-order valence-electron chi connectivity index (χ0n) is 30.5. The Morgan fingerprint density at radius 1 is 0.298 bits per heavy atom. The van der Waals surface area contributed by atoms with Crippen LogP contribution in [0.15, 0.2) is 195 Å². The zero-order chi connectivity index (χ0) is 37.2. The van der Waals surface area contributed by atoms with E-state index < -0.39 is 0 Å². The maximum atomic E-state index is 6.89. The topological polar surface area (TPSA) is 39.4 Å². The Bertz CT molecular complexity index is 3760. The van der Waals surface area contributed by atoms with Gasteiger partial charge in [0.25, 0.3) is 0 Å². The second-order valence-electron chi connectivity index (χ2n) is 15.2. The highest BCUT2D eigenvalue weighted by Gasteiger charge is 2.22. The first-order valence-corrected chi connectivity index (χ1v) is 19.4. The quantitative estimate of drug-likeness (QED) is 0.170. The van der Waals surface area contributed by atoms with Gasteiger partial charge in [0.2, 0.25) is 0 Å². The summed E-state index contributed by atoms with van der Waals surface area (Å²) < 4.78 is 19.6. The van der Waals surface area contributed by atoms with Crippen LogP contribution < -0.4 is 0 Å². The fourth-order valence-electron chi connectivity index (χ4n) is 9.53.